The summed E-state index contributed by atoms with van der Waals surface area (Å²) in [6.07, 6.45) is 3.55. The number of rotatable bonds is 6. The van der Waals surface area contributed by atoms with Gasteiger partial charge in [-0.15, -0.1) is 0 Å². The van der Waals surface area contributed by atoms with Crippen LogP contribution >= 0.6 is 11.6 Å². The van der Waals surface area contributed by atoms with Crippen molar-refractivity contribution >= 4 is 21.4 Å². The van der Waals surface area contributed by atoms with Crippen LogP contribution in [-0.2, 0) is 9.84 Å². The Morgan fingerprint density at radius 3 is 1.67 bits per heavy atom. The van der Waals surface area contributed by atoms with Crippen molar-refractivity contribution in [2.45, 2.75) is 39.5 Å². The van der Waals surface area contributed by atoms with Crippen LogP contribution < -0.4 is 0 Å². The first-order chi connectivity index (χ1) is 8.52. The van der Waals surface area contributed by atoms with Crippen LogP contribution in [0.2, 0.25) is 5.02 Å². The fraction of sp³-hybridized carbons (Fsp3) is 0.571. The molecule has 18 heavy (non-hydrogen) atoms. The van der Waals surface area contributed by atoms with Gasteiger partial charge in [0.05, 0.1) is 11.5 Å². The molecule has 1 aromatic rings. The van der Waals surface area contributed by atoms with E-state index in [1.165, 1.54) is 0 Å². The maximum absolute atomic E-state index is 11.1. The zero-order chi connectivity index (χ0) is 13.9. The summed E-state index contributed by atoms with van der Waals surface area (Å²) >= 11 is 5.54. The average molecular weight is 291 g/mol. The highest BCUT2D eigenvalue weighted by Gasteiger charge is 2.07. The number of benzene rings is 1. The van der Waals surface area contributed by atoms with Crippen molar-refractivity contribution in [3.8, 4) is 0 Å². The summed E-state index contributed by atoms with van der Waals surface area (Å²) in [5.41, 5.74) is 0. The minimum absolute atomic E-state index is 0.378. The molecular weight excluding hydrogens is 268 g/mol. The van der Waals surface area contributed by atoms with Crippen LogP contribution in [0.1, 0.15) is 39.5 Å². The summed E-state index contributed by atoms with van der Waals surface area (Å²) in [5.74, 6) is 0.757. The molecule has 0 bridgehead atoms. The highest BCUT2D eigenvalue weighted by molar-refractivity contribution is 7.91. The number of hydrogen-bond donors (Lipinski definition) is 0. The van der Waals surface area contributed by atoms with E-state index in [0.717, 1.165) is 30.7 Å². The molecule has 0 unspecified atom stereocenters. The van der Waals surface area contributed by atoms with Gasteiger partial charge < -0.3 is 0 Å². The van der Waals surface area contributed by atoms with Gasteiger partial charge in [-0.3, -0.25) is 0 Å². The number of sulfone groups is 1. The quantitative estimate of drug-likeness (QED) is 0.781. The Balaban J connectivity index is 0.000000351. The normalized spacial score (nSPS) is 10.6. The van der Waals surface area contributed by atoms with E-state index < -0.39 is 9.84 Å². The molecule has 0 radical (unpaired) electrons. The number of hydrogen-bond acceptors (Lipinski definition) is 2. The molecule has 0 aromatic heterocycles. The van der Waals surface area contributed by atoms with Gasteiger partial charge in [0.15, 0.2) is 0 Å². The average Bonchev–Trinajstić information content (AvgIpc) is 2.36. The molecule has 0 aliphatic rings. The van der Waals surface area contributed by atoms with Crippen LogP contribution in [-0.4, -0.2) is 19.9 Å². The smallest absolute Gasteiger partial charge is 0.150 e. The molecule has 0 amide bonds. The summed E-state index contributed by atoms with van der Waals surface area (Å²) in [5, 5.41) is 0.794. The molecule has 0 saturated carbocycles. The van der Waals surface area contributed by atoms with Crippen LogP contribution in [0.4, 0.5) is 0 Å². The second kappa shape index (κ2) is 10.4. The SMILES string of the molecule is CCCCS(=O)(=O)CCCC.Clc1ccccc1. The topological polar surface area (TPSA) is 34.1 Å². The fourth-order valence-electron chi connectivity index (χ4n) is 1.25. The van der Waals surface area contributed by atoms with E-state index in [2.05, 4.69) is 0 Å². The van der Waals surface area contributed by atoms with E-state index in [-0.39, 0.29) is 0 Å². The first kappa shape index (κ1) is 17.5. The monoisotopic (exact) mass is 290 g/mol. The zero-order valence-electron chi connectivity index (χ0n) is 11.2. The highest BCUT2D eigenvalue weighted by atomic mass is 35.5. The van der Waals surface area contributed by atoms with E-state index in [0.29, 0.717) is 11.5 Å². The van der Waals surface area contributed by atoms with Crippen LogP contribution in [0.25, 0.3) is 0 Å². The third kappa shape index (κ3) is 10.6. The highest BCUT2D eigenvalue weighted by Crippen LogP contribution is 2.03. The summed E-state index contributed by atoms with van der Waals surface area (Å²) in [4.78, 5) is 0. The summed E-state index contributed by atoms with van der Waals surface area (Å²) in [6, 6.07) is 9.44. The lowest BCUT2D eigenvalue weighted by Gasteiger charge is -2.00. The lowest BCUT2D eigenvalue weighted by molar-refractivity contribution is 0.589. The minimum atomic E-state index is -2.71. The largest absolute Gasteiger partial charge is 0.229 e. The van der Waals surface area contributed by atoms with Crippen LogP contribution in [0.3, 0.4) is 0 Å². The molecule has 1 rings (SSSR count). The van der Waals surface area contributed by atoms with Gasteiger partial charge in [0.25, 0.3) is 0 Å². The van der Waals surface area contributed by atoms with Gasteiger partial charge in [0.1, 0.15) is 9.84 Å². The molecule has 0 spiro atoms. The van der Waals surface area contributed by atoms with E-state index in [1.54, 1.807) is 0 Å². The van der Waals surface area contributed by atoms with E-state index in [4.69, 9.17) is 11.6 Å². The van der Waals surface area contributed by atoms with Gasteiger partial charge in [-0.25, -0.2) is 8.42 Å². The van der Waals surface area contributed by atoms with Crippen LogP contribution in [0.15, 0.2) is 30.3 Å². The Morgan fingerprint density at radius 2 is 1.39 bits per heavy atom. The van der Waals surface area contributed by atoms with Crippen LogP contribution in [0.5, 0.6) is 0 Å². The molecule has 0 aliphatic carbocycles. The predicted molar refractivity (Wildman–Crippen MR) is 79.9 cm³/mol. The van der Waals surface area contributed by atoms with Gasteiger partial charge in [-0.2, -0.15) is 0 Å². The zero-order valence-corrected chi connectivity index (χ0v) is 12.8. The first-order valence-electron chi connectivity index (χ1n) is 6.42. The summed E-state index contributed by atoms with van der Waals surface area (Å²) in [7, 11) is -2.71. The van der Waals surface area contributed by atoms with E-state index in [9.17, 15) is 8.42 Å². The van der Waals surface area contributed by atoms with Crippen LogP contribution in [0, 0.1) is 0 Å². The molecule has 0 heterocycles. The number of unbranched alkanes of at least 4 members (excludes halogenated alkanes) is 2. The van der Waals surface area contributed by atoms with Crippen molar-refractivity contribution in [3.05, 3.63) is 35.4 Å². The lowest BCUT2D eigenvalue weighted by Crippen LogP contribution is -2.10. The molecule has 0 atom stereocenters. The van der Waals surface area contributed by atoms with Gasteiger partial charge >= 0.3 is 0 Å². The Bertz CT molecular complexity index is 374. The second-order valence-corrected chi connectivity index (χ2v) is 6.89. The van der Waals surface area contributed by atoms with Crippen molar-refractivity contribution < 1.29 is 8.42 Å². The molecular formula is C14H23ClO2S. The Hall–Kier alpha value is -0.540. The third-order valence-electron chi connectivity index (χ3n) is 2.35. The fourth-order valence-corrected chi connectivity index (χ4v) is 3.05. The van der Waals surface area contributed by atoms with Crippen molar-refractivity contribution in [1.29, 1.82) is 0 Å². The summed E-state index contributed by atoms with van der Waals surface area (Å²) < 4.78 is 22.3. The van der Waals surface area contributed by atoms with Gasteiger partial charge in [0.2, 0.25) is 0 Å². The van der Waals surface area contributed by atoms with Crippen molar-refractivity contribution in [2.75, 3.05) is 11.5 Å². The third-order valence-corrected chi connectivity index (χ3v) is 4.42. The van der Waals surface area contributed by atoms with Crippen molar-refractivity contribution in [3.63, 3.8) is 0 Å². The molecule has 4 heteroatoms. The van der Waals surface area contributed by atoms with E-state index >= 15 is 0 Å². The Kier molecular flexibility index (Phi) is 10.1. The van der Waals surface area contributed by atoms with Crippen molar-refractivity contribution in [2.24, 2.45) is 0 Å². The second-order valence-electron chi connectivity index (χ2n) is 4.15. The molecule has 0 saturated heterocycles. The van der Waals surface area contributed by atoms with Gasteiger partial charge in [-0.05, 0) is 25.0 Å². The lowest BCUT2D eigenvalue weighted by atomic mass is 10.4. The molecule has 104 valence electrons. The maximum Gasteiger partial charge on any atom is 0.150 e. The molecule has 0 fully saturated rings. The summed E-state index contributed by atoms with van der Waals surface area (Å²) in [6.45, 7) is 4.02. The maximum atomic E-state index is 11.1. The standard InChI is InChI=1S/C8H18O2S.C6H5Cl/c1-3-5-7-11(9,10)8-6-4-2;7-6-4-2-1-3-5-6/h3-8H2,1-2H3;1-5H. The number of halogens is 1. The predicted octanol–water partition coefficient (Wildman–Crippen LogP) is 4.34. The first-order valence-corrected chi connectivity index (χ1v) is 8.62. The molecule has 0 N–H and O–H groups in total. The Labute approximate surface area is 116 Å². The molecule has 1 aromatic carbocycles. The van der Waals surface area contributed by atoms with Gasteiger partial charge in [-0.1, -0.05) is 56.5 Å². The molecule has 0 aliphatic heterocycles. The Morgan fingerprint density at radius 1 is 0.944 bits per heavy atom. The van der Waals surface area contributed by atoms with Crippen molar-refractivity contribution in [1.82, 2.24) is 0 Å². The van der Waals surface area contributed by atoms with E-state index in [1.807, 2.05) is 44.2 Å². The van der Waals surface area contributed by atoms with Gasteiger partial charge in [0, 0.05) is 5.02 Å². The minimum Gasteiger partial charge on any atom is -0.229 e. The molecule has 2 nitrogen and oxygen atoms in total.